The molecule has 1 heterocycles. The van der Waals surface area contributed by atoms with E-state index in [0.717, 1.165) is 5.71 Å². The Kier molecular flexibility index (Phi) is 3.00. The van der Waals surface area contributed by atoms with Crippen LogP contribution in [0.5, 0.6) is 0 Å². The summed E-state index contributed by atoms with van der Waals surface area (Å²) in [5.74, 6) is 0. The minimum absolute atomic E-state index is 0.635. The Morgan fingerprint density at radius 2 is 2.50 bits per heavy atom. The van der Waals surface area contributed by atoms with Gasteiger partial charge in [-0.25, -0.2) is 0 Å². The van der Waals surface area contributed by atoms with E-state index in [-0.39, 0.29) is 0 Å². The molecular weight excluding hydrogens is 172 g/mol. The van der Waals surface area contributed by atoms with Crippen LogP contribution in [0.3, 0.4) is 0 Å². The Bertz CT molecular complexity index is 304. The van der Waals surface area contributed by atoms with Crippen molar-refractivity contribution in [3.05, 3.63) is 35.7 Å². The molecule has 3 heteroatoms. The lowest BCUT2D eigenvalue weighted by molar-refractivity contribution is 1.38. The van der Waals surface area contributed by atoms with Crippen molar-refractivity contribution in [1.82, 2.24) is 0 Å². The Balaban J connectivity index is 3.10. The first-order valence-corrected chi connectivity index (χ1v) is 3.89. The second-order valence-electron chi connectivity index (χ2n) is 2.22. The Labute approximate surface area is 76.7 Å². The fourth-order valence-corrected chi connectivity index (χ4v) is 1.01. The number of halogens is 1. The minimum atomic E-state index is 0.635. The van der Waals surface area contributed by atoms with Gasteiger partial charge in [0.25, 0.3) is 0 Å². The average Bonchev–Trinajstić information content (AvgIpc) is 2.05. The summed E-state index contributed by atoms with van der Waals surface area (Å²) in [6, 6.07) is 0. The van der Waals surface area contributed by atoms with Gasteiger partial charge in [0.2, 0.25) is 0 Å². The lowest BCUT2D eigenvalue weighted by Gasteiger charge is -2.04. The molecule has 62 valence electrons. The third-order valence-corrected chi connectivity index (χ3v) is 1.52. The third-order valence-electron chi connectivity index (χ3n) is 1.34. The van der Waals surface area contributed by atoms with Crippen LogP contribution in [0, 0.1) is 0 Å². The van der Waals surface area contributed by atoms with Gasteiger partial charge in [-0.15, -0.1) is 0 Å². The molecule has 0 unspecified atom stereocenters. The maximum Gasteiger partial charge on any atom is 0.103 e. The molecule has 0 aromatic carbocycles. The molecule has 1 aliphatic heterocycles. The van der Waals surface area contributed by atoms with E-state index in [1.807, 2.05) is 12.2 Å². The highest BCUT2D eigenvalue weighted by Gasteiger charge is 2.06. The molecule has 0 aromatic heterocycles. The van der Waals surface area contributed by atoms with Crippen LogP contribution in [0.2, 0.25) is 0 Å². The van der Waals surface area contributed by atoms with Crippen LogP contribution in [0.1, 0.15) is 6.92 Å². The highest BCUT2D eigenvalue weighted by molar-refractivity contribution is 6.33. The molecular formula is C9H9ClN2. The lowest BCUT2D eigenvalue weighted by atomic mass is 10.2. The maximum atomic E-state index is 5.80. The van der Waals surface area contributed by atoms with Crippen LogP contribution >= 0.6 is 11.6 Å². The number of allylic oxidation sites excluding steroid dienone is 3. The molecule has 0 bridgehead atoms. The van der Waals surface area contributed by atoms with Crippen molar-refractivity contribution in [2.24, 2.45) is 9.98 Å². The van der Waals surface area contributed by atoms with Crippen molar-refractivity contribution >= 4 is 23.5 Å². The molecule has 0 saturated heterocycles. The van der Waals surface area contributed by atoms with Gasteiger partial charge in [-0.05, 0) is 19.1 Å². The largest absolute Gasteiger partial charge is 0.255 e. The zero-order valence-electron chi connectivity index (χ0n) is 6.79. The third kappa shape index (κ3) is 1.92. The highest BCUT2D eigenvalue weighted by atomic mass is 35.5. The van der Waals surface area contributed by atoms with E-state index in [9.17, 15) is 0 Å². The summed E-state index contributed by atoms with van der Waals surface area (Å²) in [4.78, 5) is 8.11. The van der Waals surface area contributed by atoms with E-state index in [4.69, 9.17) is 11.6 Å². The van der Waals surface area contributed by atoms with Gasteiger partial charge in [0, 0.05) is 17.4 Å². The summed E-state index contributed by atoms with van der Waals surface area (Å²) in [7, 11) is 0. The summed E-state index contributed by atoms with van der Waals surface area (Å²) in [5, 5.41) is 0.635. The van der Waals surface area contributed by atoms with E-state index in [1.165, 1.54) is 6.20 Å². The molecule has 12 heavy (non-hydrogen) atoms. The maximum absolute atomic E-state index is 5.80. The van der Waals surface area contributed by atoms with Crippen molar-refractivity contribution in [3.8, 4) is 0 Å². The molecule has 1 aliphatic rings. The number of rotatable bonds is 1. The molecule has 0 fully saturated rings. The second kappa shape index (κ2) is 4.02. The van der Waals surface area contributed by atoms with E-state index in [0.29, 0.717) is 10.7 Å². The van der Waals surface area contributed by atoms with Crippen LogP contribution in [0.4, 0.5) is 0 Å². The number of dihydropyridines is 1. The van der Waals surface area contributed by atoms with Crippen molar-refractivity contribution in [3.63, 3.8) is 0 Å². The van der Waals surface area contributed by atoms with Gasteiger partial charge in [0.05, 0.1) is 5.71 Å². The van der Waals surface area contributed by atoms with Gasteiger partial charge in [-0.3, -0.25) is 9.98 Å². The average molecular weight is 181 g/mol. The zero-order valence-corrected chi connectivity index (χ0v) is 7.54. The molecule has 0 atom stereocenters. The fourth-order valence-electron chi connectivity index (χ4n) is 0.865. The van der Waals surface area contributed by atoms with Gasteiger partial charge in [0.1, 0.15) is 5.70 Å². The fraction of sp³-hybridized carbons (Fsp3) is 0.111. The number of hydrogen-bond donors (Lipinski definition) is 0. The molecule has 0 amide bonds. The number of hydrogen-bond acceptors (Lipinski definition) is 2. The quantitative estimate of drug-likeness (QED) is 0.593. The topological polar surface area (TPSA) is 24.7 Å². The molecule has 0 N–H and O–H groups in total. The Hall–Kier alpha value is -1.15. The van der Waals surface area contributed by atoms with Crippen LogP contribution < -0.4 is 0 Å². The summed E-state index contributed by atoms with van der Waals surface area (Å²) < 4.78 is 0. The van der Waals surface area contributed by atoms with Crippen molar-refractivity contribution < 1.29 is 0 Å². The molecule has 0 aromatic rings. The van der Waals surface area contributed by atoms with E-state index in [2.05, 4.69) is 16.6 Å². The number of aliphatic imine (C=N–C) groups is 2. The molecule has 0 saturated carbocycles. The first-order valence-electron chi connectivity index (χ1n) is 3.52. The molecule has 0 spiro atoms. The van der Waals surface area contributed by atoms with Gasteiger partial charge in [-0.2, -0.15) is 0 Å². The first-order chi connectivity index (χ1) is 5.75. The molecule has 0 radical (unpaired) electrons. The summed E-state index contributed by atoms with van der Waals surface area (Å²) in [5.41, 5.74) is 1.46. The zero-order chi connectivity index (χ0) is 8.97. The summed E-state index contributed by atoms with van der Waals surface area (Å²) >= 11 is 5.80. The first kappa shape index (κ1) is 8.94. The van der Waals surface area contributed by atoms with Gasteiger partial charge in [0.15, 0.2) is 0 Å². The van der Waals surface area contributed by atoms with Crippen molar-refractivity contribution in [2.45, 2.75) is 6.92 Å². The van der Waals surface area contributed by atoms with Gasteiger partial charge in [-0.1, -0.05) is 18.2 Å². The van der Waals surface area contributed by atoms with E-state index in [1.54, 1.807) is 13.1 Å². The monoisotopic (exact) mass is 180 g/mol. The predicted octanol–water partition coefficient (Wildman–Crippen LogP) is 2.68. The van der Waals surface area contributed by atoms with E-state index < -0.39 is 0 Å². The van der Waals surface area contributed by atoms with E-state index >= 15 is 0 Å². The predicted molar refractivity (Wildman–Crippen MR) is 53.8 cm³/mol. The molecule has 2 nitrogen and oxygen atoms in total. The van der Waals surface area contributed by atoms with Crippen LogP contribution in [0.15, 0.2) is 45.6 Å². The van der Waals surface area contributed by atoms with Crippen molar-refractivity contribution in [2.75, 3.05) is 0 Å². The Morgan fingerprint density at radius 1 is 1.75 bits per heavy atom. The van der Waals surface area contributed by atoms with Gasteiger partial charge >= 0.3 is 0 Å². The van der Waals surface area contributed by atoms with Crippen molar-refractivity contribution in [1.29, 1.82) is 0 Å². The SMILES string of the molecule is C=C/N=C1/C=CC=N/C1=C(/C)Cl. The smallest absolute Gasteiger partial charge is 0.103 e. The number of nitrogens with zero attached hydrogens (tertiary/aromatic N) is 2. The second-order valence-corrected chi connectivity index (χ2v) is 2.78. The summed E-state index contributed by atoms with van der Waals surface area (Å²) in [6.45, 7) is 5.29. The van der Waals surface area contributed by atoms with Crippen LogP contribution in [0.25, 0.3) is 0 Å². The normalized spacial score (nSPS) is 23.0. The minimum Gasteiger partial charge on any atom is -0.255 e. The molecule has 0 aliphatic carbocycles. The summed E-state index contributed by atoms with van der Waals surface area (Å²) in [6.07, 6.45) is 6.81. The highest BCUT2D eigenvalue weighted by Crippen LogP contribution is 2.14. The van der Waals surface area contributed by atoms with Crippen LogP contribution in [-0.2, 0) is 0 Å². The van der Waals surface area contributed by atoms with Gasteiger partial charge < -0.3 is 0 Å². The standard InChI is InChI=1S/C9H9ClN2/c1-3-11-8-5-4-6-12-9(8)7(2)10/h3-6H,1H2,2H3/b9-7-,11-8-. The molecule has 1 rings (SSSR count). The Morgan fingerprint density at radius 3 is 3.08 bits per heavy atom. The lowest BCUT2D eigenvalue weighted by Crippen LogP contribution is -2.01. The van der Waals surface area contributed by atoms with Crippen LogP contribution in [-0.4, -0.2) is 11.9 Å².